The molecule has 0 saturated carbocycles. The Morgan fingerprint density at radius 2 is 1.74 bits per heavy atom. The lowest BCUT2D eigenvalue weighted by Crippen LogP contribution is -2.26. The second-order valence-corrected chi connectivity index (χ2v) is 8.88. The smallest absolute Gasteiger partial charge is 0.263 e. The normalized spacial score (nSPS) is 14.0. The van der Waals surface area contributed by atoms with Gasteiger partial charge in [0.25, 0.3) is 5.91 Å². The summed E-state index contributed by atoms with van der Waals surface area (Å²) in [5, 5.41) is 3.91. The van der Waals surface area contributed by atoms with Crippen LogP contribution in [0, 0.1) is 6.92 Å². The first kappa shape index (κ1) is 21.5. The SMILES string of the molecule is Cc1nc(-c2ccc(Oc3ccccc3)cc2)sc1C(=O)NCCCCN1CCCC1. The van der Waals surface area contributed by atoms with Crippen LogP contribution in [0.5, 0.6) is 11.5 Å². The number of amides is 1. The molecule has 5 nitrogen and oxygen atoms in total. The third kappa shape index (κ3) is 5.93. The van der Waals surface area contributed by atoms with E-state index < -0.39 is 0 Å². The van der Waals surface area contributed by atoms with Crippen molar-refractivity contribution >= 4 is 17.2 Å². The molecule has 1 aromatic heterocycles. The standard InChI is InChI=1S/C25H29N3O2S/c1-19-23(24(29)26-15-5-6-16-28-17-7-8-18-28)31-25(27-19)20-11-13-22(14-12-20)30-21-9-3-2-4-10-21/h2-4,9-14H,5-8,15-18H2,1H3,(H,26,29). The van der Waals surface area contributed by atoms with Gasteiger partial charge in [-0.1, -0.05) is 18.2 Å². The van der Waals surface area contributed by atoms with Gasteiger partial charge in [0.05, 0.1) is 5.69 Å². The fourth-order valence-electron chi connectivity index (χ4n) is 3.77. The van der Waals surface area contributed by atoms with E-state index in [2.05, 4.69) is 15.2 Å². The van der Waals surface area contributed by atoms with Crippen LogP contribution in [-0.4, -0.2) is 42.0 Å². The zero-order valence-corrected chi connectivity index (χ0v) is 18.8. The molecule has 0 radical (unpaired) electrons. The van der Waals surface area contributed by atoms with Gasteiger partial charge in [0.15, 0.2) is 0 Å². The fourth-order valence-corrected chi connectivity index (χ4v) is 4.76. The summed E-state index contributed by atoms with van der Waals surface area (Å²) in [5.41, 5.74) is 1.76. The van der Waals surface area contributed by atoms with E-state index in [1.165, 1.54) is 37.3 Å². The Hall–Kier alpha value is -2.70. The minimum atomic E-state index is -0.0218. The van der Waals surface area contributed by atoms with E-state index in [1.54, 1.807) is 0 Å². The number of likely N-dealkylation sites (tertiary alicyclic amines) is 1. The van der Waals surface area contributed by atoms with Crippen LogP contribution in [0.2, 0.25) is 0 Å². The maximum absolute atomic E-state index is 12.6. The van der Waals surface area contributed by atoms with Gasteiger partial charge < -0.3 is 15.0 Å². The lowest BCUT2D eigenvalue weighted by atomic mass is 10.2. The highest BCUT2D eigenvalue weighted by molar-refractivity contribution is 7.17. The van der Waals surface area contributed by atoms with Crippen molar-refractivity contribution < 1.29 is 9.53 Å². The largest absolute Gasteiger partial charge is 0.457 e. The first-order valence-corrected chi connectivity index (χ1v) is 11.8. The molecule has 1 aliphatic heterocycles. The van der Waals surface area contributed by atoms with Crippen molar-refractivity contribution in [3.05, 3.63) is 65.2 Å². The molecule has 0 unspecified atom stereocenters. The Balaban J connectivity index is 1.29. The number of para-hydroxylation sites is 1. The molecule has 6 heteroatoms. The number of aromatic nitrogens is 1. The van der Waals surface area contributed by atoms with Gasteiger partial charge in [-0.15, -0.1) is 11.3 Å². The summed E-state index contributed by atoms with van der Waals surface area (Å²) in [6.07, 6.45) is 4.79. The lowest BCUT2D eigenvalue weighted by Gasteiger charge is -2.13. The first-order valence-electron chi connectivity index (χ1n) is 11.0. The van der Waals surface area contributed by atoms with Crippen molar-refractivity contribution in [3.8, 4) is 22.1 Å². The van der Waals surface area contributed by atoms with Crippen molar-refractivity contribution in [2.45, 2.75) is 32.6 Å². The summed E-state index contributed by atoms with van der Waals surface area (Å²) in [5.74, 6) is 1.56. The highest BCUT2D eigenvalue weighted by Gasteiger charge is 2.16. The third-order valence-corrected chi connectivity index (χ3v) is 6.67. The molecule has 1 N–H and O–H groups in total. The molecule has 1 aliphatic rings. The van der Waals surface area contributed by atoms with Crippen LogP contribution < -0.4 is 10.1 Å². The number of benzene rings is 2. The van der Waals surface area contributed by atoms with Crippen LogP contribution in [0.3, 0.4) is 0 Å². The van der Waals surface area contributed by atoms with E-state index in [0.29, 0.717) is 11.4 Å². The molecule has 2 heterocycles. The maximum atomic E-state index is 12.6. The van der Waals surface area contributed by atoms with Gasteiger partial charge in [-0.2, -0.15) is 0 Å². The topological polar surface area (TPSA) is 54.5 Å². The molecule has 3 aromatic rings. The second-order valence-electron chi connectivity index (χ2n) is 7.88. The van der Waals surface area contributed by atoms with E-state index in [4.69, 9.17) is 4.74 Å². The number of carbonyl (C=O) groups is 1. The minimum Gasteiger partial charge on any atom is -0.457 e. The molecule has 2 aromatic carbocycles. The number of nitrogens with zero attached hydrogens (tertiary/aromatic N) is 2. The van der Waals surface area contributed by atoms with E-state index >= 15 is 0 Å². The Morgan fingerprint density at radius 1 is 1.03 bits per heavy atom. The molecular weight excluding hydrogens is 406 g/mol. The van der Waals surface area contributed by atoms with Gasteiger partial charge >= 0.3 is 0 Å². The van der Waals surface area contributed by atoms with Crippen LogP contribution >= 0.6 is 11.3 Å². The quantitative estimate of drug-likeness (QED) is 0.450. The summed E-state index contributed by atoms with van der Waals surface area (Å²) in [4.78, 5) is 20.4. The van der Waals surface area contributed by atoms with E-state index in [9.17, 15) is 4.79 Å². The number of unbranched alkanes of at least 4 members (excludes halogenated alkanes) is 1. The predicted octanol–water partition coefficient (Wildman–Crippen LogP) is 5.52. The van der Waals surface area contributed by atoms with Crippen LogP contribution in [0.4, 0.5) is 0 Å². The average molecular weight is 436 g/mol. The van der Waals surface area contributed by atoms with Gasteiger partial charge in [0, 0.05) is 12.1 Å². The Labute approximate surface area is 188 Å². The fraction of sp³-hybridized carbons (Fsp3) is 0.360. The van der Waals surface area contributed by atoms with Gasteiger partial charge in [-0.05, 0) is 88.6 Å². The molecule has 1 saturated heterocycles. The van der Waals surface area contributed by atoms with Crippen molar-refractivity contribution in [2.75, 3.05) is 26.2 Å². The number of rotatable bonds is 9. The number of hydrogen-bond donors (Lipinski definition) is 1. The second kappa shape index (κ2) is 10.6. The van der Waals surface area contributed by atoms with Crippen LogP contribution in [0.25, 0.3) is 10.6 Å². The molecular formula is C25H29N3O2S. The Bertz CT molecular complexity index is 980. The zero-order chi connectivity index (χ0) is 21.5. The van der Waals surface area contributed by atoms with E-state index in [1.807, 2.05) is 61.5 Å². The minimum absolute atomic E-state index is 0.0218. The highest BCUT2D eigenvalue weighted by Crippen LogP contribution is 2.30. The summed E-state index contributed by atoms with van der Waals surface area (Å²) < 4.78 is 5.85. The van der Waals surface area contributed by atoms with E-state index in [0.717, 1.165) is 47.2 Å². The van der Waals surface area contributed by atoms with Gasteiger partial charge in [0.2, 0.25) is 0 Å². The summed E-state index contributed by atoms with van der Waals surface area (Å²) in [6.45, 7) is 6.22. The number of nitrogens with one attached hydrogen (secondary N) is 1. The zero-order valence-electron chi connectivity index (χ0n) is 18.0. The molecule has 0 spiro atoms. The molecule has 1 amide bonds. The van der Waals surface area contributed by atoms with E-state index in [-0.39, 0.29) is 5.91 Å². The summed E-state index contributed by atoms with van der Waals surface area (Å²) in [7, 11) is 0. The molecule has 0 bridgehead atoms. The molecule has 0 aliphatic carbocycles. The van der Waals surface area contributed by atoms with Crippen molar-refractivity contribution in [2.24, 2.45) is 0 Å². The highest BCUT2D eigenvalue weighted by atomic mass is 32.1. The lowest BCUT2D eigenvalue weighted by molar-refractivity contribution is 0.0956. The summed E-state index contributed by atoms with van der Waals surface area (Å²) >= 11 is 1.44. The number of aryl methyl sites for hydroxylation is 1. The number of hydrogen-bond acceptors (Lipinski definition) is 5. The van der Waals surface area contributed by atoms with Crippen molar-refractivity contribution in [1.29, 1.82) is 0 Å². The Kier molecular flexibility index (Phi) is 7.33. The van der Waals surface area contributed by atoms with Crippen molar-refractivity contribution in [1.82, 2.24) is 15.2 Å². The average Bonchev–Trinajstić information content (AvgIpc) is 3.44. The van der Waals surface area contributed by atoms with Crippen LogP contribution in [0.15, 0.2) is 54.6 Å². The van der Waals surface area contributed by atoms with Crippen molar-refractivity contribution in [3.63, 3.8) is 0 Å². The summed E-state index contributed by atoms with van der Waals surface area (Å²) in [6, 6.07) is 17.5. The van der Waals surface area contributed by atoms with Gasteiger partial charge in [-0.3, -0.25) is 4.79 Å². The first-order chi connectivity index (χ1) is 15.2. The molecule has 1 fully saturated rings. The number of thiazole rings is 1. The molecule has 4 rings (SSSR count). The number of carbonyl (C=O) groups excluding carboxylic acids is 1. The Morgan fingerprint density at radius 3 is 2.48 bits per heavy atom. The third-order valence-electron chi connectivity index (χ3n) is 5.47. The number of ether oxygens (including phenoxy) is 1. The van der Waals surface area contributed by atoms with Gasteiger partial charge in [-0.25, -0.2) is 4.98 Å². The predicted molar refractivity (Wildman–Crippen MR) is 126 cm³/mol. The maximum Gasteiger partial charge on any atom is 0.263 e. The molecule has 31 heavy (non-hydrogen) atoms. The van der Waals surface area contributed by atoms with Crippen LogP contribution in [-0.2, 0) is 0 Å². The monoisotopic (exact) mass is 435 g/mol. The molecule has 162 valence electrons. The molecule has 0 atom stereocenters. The van der Waals surface area contributed by atoms with Gasteiger partial charge in [0.1, 0.15) is 21.4 Å². The van der Waals surface area contributed by atoms with Crippen LogP contribution in [0.1, 0.15) is 41.0 Å².